The van der Waals surface area contributed by atoms with Gasteiger partial charge in [0, 0.05) is 17.6 Å². The van der Waals surface area contributed by atoms with Crippen LogP contribution in [0.4, 0.5) is 11.6 Å². The lowest BCUT2D eigenvalue weighted by Gasteiger charge is -2.13. The van der Waals surface area contributed by atoms with Crippen molar-refractivity contribution in [3.8, 4) is 0 Å². The van der Waals surface area contributed by atoms with Crippen molar-refractivity contribution in [2.24, 2.45) is 0 Å². The number of carbonyl (C=O) groups is 1. The van der Waals surface area contributed by atoms with Crippen LogP contribution in [-0.4, -0.2) is 20.9 Å². The Morgan fingerprint density at radius 2 is 1.74 bits per heavy atom. The molecule has 6 nitrogen and oxygen atoms in total. The molecule has 0 aliphatic heterocycles. The summed E-state index contributed by atoms with van der Waals surface area (Å²) >= 11 is 0. The molecule has 2 aromatic heterocycles. The zero-order valence-electron chi connectivity index (χ0n) is 16.0. The van der Waals surface area contributed by atoms with Gasteiger partial charge in [-0.3, -0.25) is 9.78 Å². The Hall–Kier alpha value is -3.28. The number of aromatic nitrogens is 3. The van der Waals surface area contributed by atoms with E-state index in [4.69, 9.17) is 0 Å². The maximum absolute atomic E-state index is 12.7. The molecule has 0 saturated carbocycles. The molecular weight excluding hydrogens is 338 g/mol. The molecule has 0 radical (unpaired) electrons. The summed E-state index contributed by atoms with van der Waals surface area (Å²) in [7, 11) is 0. The number of benzene rings is 1. The first kappa shape index (κ1) is 18.5. The van der Waals surface area contributed by atoms with Crippen molar-refractivity contribution in [2.75, 3.05) is 10.6 Å². The van der Waals surface area contributed by atoms with Crippen molar-refractivity contribution in [1.82, 2.24) is 15.0 Å². The molecular formula is C21H23N5O. The fraction of sp³-hybridized carbons (Fsp3) is 0.238. The first-order valence-corrected chi connectivity index (χ1v) is 8.81. The van der Waals surface area contributed by atoms with Gasteiger partial charge in [-0.05, 0) is 57.0 Å². The van der Waals surface area contributed by atoms with Gasteiger partial charge >= 0.3 is 0 Å². The van der Waals surface area contributed by atoms with E-state index < -0.39 is 0 Å². The van der Waals surface area contributed by atoms with Crippen LogP contribution in [-0.2, 0) is 6.54 Å². The molecule has 0 atom stereocenters. The average molecular weight is 361 g/mol. The van der Waals surface area contributed by atoms with E-state index in [0.29, 0.717) is 18.2 Å². The summed E-state index contributed by atoms with van der Waals surface area (Å²) in [6, 6.07) is 11.5. The number of rotatable bonds is 5. The quantitative estimate of drug-likeness (QED) is 0.719. The fourth-order valence-electron chi connectivity index (χ4n) is 2.99. The molecule has 0 aliphatic rings. The van der Waals surface area contributed by atoms with Gasteiger partial charge in [0.05, 0.1) is 12.2 Å². The zero-order chi connectivity index (χ0) is 19.4. The first-order chi connectivity index (χ1) is 12.9. The normalized spacial score (nSPS) is 10.5. The van der Waals surface area contributed by atoms with Gasteiger partial charge in [0.25, 0.3) is 5.91 Å². The van der Waals surface area contributed by atoms with Gasteiger partial charge in [-0.25, -0.2) is 9.97 Å². The molecule has 3 rings (SSSR count). The molecule has 3 aromatic rings. The number of nitrogens with zero attached hydrogens (tertiary/aromatic N) is 3. The predicted octanol–water partition coefficient (Wildman–Crippen LogP) is 3.97. The smallest absolute Gasteiger partial charge is 0.274 e. The molecule has 27 heavy (non-hydrogen) atoms. The molecule has 0 bridgehead atoms. The summed E-state index contributed by atoms with van der Waals surface area (Å²) in [5, 5.41) is 6.11. The van der Waals surface area contributed by atoms with Crippen molar-refractivity contribution in [2.45, 2.75) is 34.2 Å². The summed E-state index contributed by atoms with van der Waals surface area (Å²) in [6.07, 6.45) is 1.74. The minimum atomic E-state index is -0.253. The number of hydrogen-bond acceptors (Lipinski definition) is 5. The van der Waals surface area contributed by atoms with Gasteiger partial charge in [0.2, 0.25) is 5.95 Å². The molecule has 1 amide bonds. The van der Waals surface area contributed by atoms with Crippen molar-refractivity contribution in [3.63, 3.8) is 0 Å². The summed E-state index contributed by atoms with van der Waals surface area (Å²) in [6.45, 7) is 8.34. The van der Waals surface area contributed by atoms with Gasteiger partial charge in [0.1, 0.15) is 5.69 Å². The largest absolute Gasteiger partial charge is 0.349 e. The van der Waals surface area contributed by atoms with Gasteiger partial charge in [0.15, 0.2) is 0 Å². The van der Waals surface area contributed by atoms with E-state index in [0.717, 1.165) is 28.2 Å². The Balaban J connectivity index is 1.78. The molecule has 0 aliphatic carbocycles. The van der Waals surface area contributed by atoms with Crippen molar-refractivity contribution >= 4 is 17.5 Å². The highest BCUT2D eigenvalue weighted by molar-refractivity contribution is 6.04. The van der Waals surface area contributed by atoms with Crippen LogP contribution in [0.5, 0.6) is 0 Å². The molecule has 0 fully saturated rings. The SMILES string of the molecule is Cc1cc(C)c(NC(=O)c2cc(C)nc(NCc3ccccn3)n2)c(C)c1. The maximum atomic E-state index is 12.7. The van der Waals surface area contributed by atoms with Crippen molar-refractivity contribution < 1.29 is 4.79 Å². The number of aryl methyl sites for hydroxylation is 4. The van der Waals surface area contributed by atoms with Crippen LogP contribution >= 0.6 is 0 Å². The Labute approximate surface area is 159 Å². The first-order valence-electron chi connectivity index (χ1n) is 8.81. The van der Waals surface area contributed by atoms with E-state index in [2.05, 4.69) is 25.6 Å². The molecule has 2 N–H and O–H groups in total. The van der Waals surface area contributed by atoms with Crippen molar-refractivity contribution in [1.29, 1.82) is 0 Å². The molecule has 6 heteroatoms. The molecule has 2 heterocycles. The predicted molar refractivity (Wildman–Crippen MR) is 107 cm³/mol. The number of carbonyl (C=O) groups excluding carboxylic acids is 1. The Morgan fingerprint density at radius 3 is 2.41 bits per heavy atom. The third kappa shape index (κ3) is 4.67. The highest BCUT2D eigenvalue weighted by Crippen LogP contribution is 2.22. The van der Waals surface area contributed by atoms with Gasteiger partial charge in [-0.15, -0.1) is 0 Å². The van der Waals surface area contributed by atoms with E-state index in [-0.39, 0.29) is 5.91 Å². The van der Waals surface area contributed by atoms with E-state index >= 15 is 0 Å². The highest BCUT2D eigenvalue weighted by atomic mass is 16.1. The number of pyridine rings is 1. The molecule has 1 aromatic carbocycles. The lowest BCUT2D eigenvalue weighted by atomic mass is 10.0. The number of anilines is 2. The van der Waals surface area contributed by atoms with Gasteiger partial charge in [-0.2, -0.15) is 0 Å². The van der Waals surface area contributed by atoms with Crippen LogP contribution in [0.15, 0.2) is 42.6 Å². The lowest BCUT2D eigenvalue weighted by molar-refractivity contribution is 0.102. The van der Waals surface area contributed by atoms with Crippen LogP contribution < -0.4 is 10.6 Å². The third-order valence-corrected chi connectivity index (χ3v) is 4.16. The van der Waals surface area contributed by atoms with Gasteiger partial charge in [-0.1, -0.05) is 23.8 Å². The maximum Gasteiger partial charge on any atom is 0.274 e. The summed E-state index contributed by atoms with van der Waals surface area (Å²) in [5.74, 6) is 0.152. The number of amides is 1. The molecule has 0 saturated heterocycles. The Kier molecular flexibility index (Phi) is 5.45. The summed E-state index contributed by atoms with van der Waals surface area (Å²) in [4.78, 5) is 25.7. The number of nitrogens with one attached hydrogen (secondary N) is 2. The highest BCUT2D eigenvalue weighted by Gasteiger charge is 2.14. The summed E-state index contributed by atoms with van der Waals surface area (Å²) in [5.41, 5.74) is 5.97. The van der Waals surface area contributed by atoms with E-state index in [9.17, 15) is 4.79 Å². The minimum absolute atomic E-state index is 0.253. The second-order valence-electron chi connectivity index (χ2n) is 6.62. The summed E-state index contributed by atoms with van der Waals surface area (Å²) < 4.78 is 0. The molecule has 138 valence electrons. The van der Waals surface area contributed by atoms with Crippen LogP contribution in [0.2, 0.25) is 0 Å². The standard InChI is InChI=1S/C21H23N5O/c1-13-9-14(2)19(15(3)10-13)26-20(27)18-11-16(4)24-21(25-18)23-12-17-7-5-6-8-22-17/h5-11H,12H2,1-4H3,(H,26,27)(H,23,24,25). The van der Waals surface area contributed by atoms with Crippen LogP contribution in [0.3, 0.4) is 0 Å². The fourth-order valence-corrected chi connectivity index (χ4v) is 2.99. The van der Waals surface area contributed by atoms with E-state index in [1.807, 2.05) is 58.0 Å². The van der Waals surface area contributed by atoms with Crippen molar-refractivity contribution in [3.05, 3.63) is 76.4 Å². The zero-order valence-corrected chi connectivity index (χ0v) is 16.0. The van der Waals surface area contributed by atoms with Crippen LogP contribution in [0, 0.1) is 27.7 Å². The van der Waals surface area contributed by atoms with E-state index in [1.54, 1.807) is 12.3 Å². The van der Waals surface area contributed by atoms with Gasteiger partial charge < -0.3 is 10.6 Å². The van der Waals surface area contributed by atoms with E-state index in [1.165, 1.54) is 5.56 Å². The second-order valence-corrected chi connectivity index (χ2v) is 6.62. The topological polar surface area (TPSA) is 79.8 Å². The Morgan fingerprint density at radius 1 is 1.00 bits per heavy atom. The molecule has 0 unspecified atom stereocenters. The molecule has 0 spiro atoms. The van der Waals surface area contributed by atoms with Crippen LogP contribution in [0.1, 0.15) is 38.6 Å². The third-order valence-electron chi connectivity index (χ3n) is 4.16. The van der Waals surface area contributed by atoms with Crippen LogP contribution in [0.25, 0.3) is 0 Å². The number of hydrogen-bond donors (Lipinski definition) is 2. The lowest BCUT2D eigenvalue weighted by Crippen LogP contribution is -2.17. The monoisotopic (exact) mass is 361 g/mol. The Bertz CT molecular complexity index is 947. The minimum Gasteiger partial charge on any atom is -0.349 e. The average Bonchev–Trinajstić information content (AvgIpc) is 2.63. The second kappa shape index (κ2) is 7.95.